The molecule has 0 bridgehead atoms. The Morgan fingerprint density at radius 2 is 2.03 bits per heavy atom. The van der Waals surface area contributed by atoms with Crippen molar-refractivity contribution in [3.63, 3.8) is 0 Å². The first-order valence-corrected chi connectivity index (χ1v) is 9.99. The van der Waals surface area contributed by atoms with Gasteiger partial charge in [-0.25, -0.2) is 4.79 Å². The van der Waals surface area contributed by atoms with Gasteiger partial charge in [-0.15, -0.1) is 10.2 Å². The van der Waals surface area contributed by atoms with Gasteiger partial charge in [-0.2, -0.15) is 0 Å². The van der Waals surface area contributed by atoms with Crippen molar-refractivity contribution in [2.75, 3.05) is 13.7 Å². The zero-order chi connectivity index (χ0) is 20.0. The SMILES string of the molecule is CO[C@@H]1C[C@@H](c2nnc3cnccn23)N(C(=O)NC2CC(C)c3ccccc32)C1. The van der Waals surface area contributed by atoms with Crippen LogP contribution in [0.2, 0.25) is 0 Å². The summed E-state index contributed by atoms with van der Waals surface area (Å²) in [5.41, 5.74) is 3.20. The quantitative estimate of drug-likeness (QED) is 0.741. The summed E-state index contributed by atoms with van der Waals surface area (Å²) < 4.78 is 7.48. The second kappa shape index (κ2) is 7.11. The monoisotopic (exact) mass is 392 g/mol. The van der Waals surface area contributed by atoms with Crippen molar-refractivity contribution in [1.29, 1.82) is 0 Å². The van der Waals surface area contributed by atoms with Crippen molar-refractivity contribution in [3.8, 4) is 0 Å². The fourth-order valence-corrected chi connectivity index (χ4v) is 4.69. The molecule has 2 amide bonds. The molecule has 3 heterocycles. The molecule has 150 valence electrons. The highest BCUT2D eigenvalue weighted by atomic mass is 16.5. The molecule has 1 N–H and O–H groups in total. The van der Waals surface area contributed by atoms with Crippen molar-refractivity contribution < 1.29 is 9.53 Å². The van der Waals surface area contributed by atoms with Crippen LogP contribution in [0.5, 0.6) is 0 Å². The molecule has 0 spiro atoms. The van der Waals surface area contributed by atoms with Crippen LogP contribution < -0.4 is 5.32 Å². The zero-order valence-electron chi connectivity index (χ0n) is 16.5. The van der Waals surface area contributed by atoms with E-state index in [4.69, 9.17) is 4.74 Å². The summed E-state index contributed by atoms with van der Waals surface area (Å²) in [4.78, 5) is 19.2. The van der Waals surface area contributed by atoms with Crippen LogP contribution in [0.15, 0.2) is 42.9 Å². The number of hydrogen-bond acceptors (Lipinski definition) is 5. The van der Waals surface area contributed by atoms with Gasteiger partial charge in [-0.05, 0) is 23.5 Å². The molecule has 2 aliphatic rings. The summed E-state index contributed by atoms with van der Waals surface area (Å²) in [6.07, 6.45) is 6.76. The lowest BCUT2D eigenvalue weighted by Gasteiger charge is -2.26. The first-order valence-electron chi connectivity index (χ1n) is 9.99. The Bertz CT molecular complexity index is 1050. The highest BCUT2D eigenvalue weighted by molar-refractivity contribution is 5.76. The molecule has 3 aromatic rings. The van der Waals surface area contributed by atoms with Crippen LogP contribution in [-0.2, 0) is 4.74 Å². The van der Waals surface area contributed by atoms with Gasteiger partial charge in [0, 0.05) is 32.5 Å². The van der Waals surface area contributed by atoms with Crippen LogP contribution in [-0.4, -0.2) is 50.3 Å². The van der Waals surface area contributed by atoms with E-state index in [1.807, 2.05) is 21.6 Å². The Labute approximate surface area is 168 Å². The van der Waals surface area contributed by atoms with E-state index in [0.717, 1.165) is 12.2 Å². The first-order chi connectivity index (χ1) is 14.2. The smallest absolute Gasteiger partial charge is 0.318 e. The van der Waals surface area contributed by atoms with E-state index in [9.17, 15) is 4.79 Å². The molecule has 1 aliphatic heterocycles. The highest BCUT2D eigenvalue weighted by Crippen LogP contribution is 2.40. The Morgan fingerprint density at radius 3 is 2.86 bits per heavy atom. The van der Waals surface area contributed by atoms with Crippen LogP contribution in [0.1, 0.15) is 54.7 Å². The third kappa shape index (κ3) is 3.04. The third-order valence-electron chi connectivity index (χ3n) is 6.18. The van der Waals surface area contributed by atoms with Gasteiger partial charge in [0.1, 0.15) is 0 Å². The first kappa shape index (κ1) is 18.1. The van der Waals surface area contributed by atoms with Gasteiger partial charge in [0.05, 0.1) is 24.4 Å². The maximum atomic E-state index is 13.3. The number of aromatic nitrogens is 4. The number of likely N-dealkylation sites (tertiary alicyclic amines) is 1. The molecule has 2 aromatic heterocycles. The lowest BCUT2D eigenvalue weighted by atomic mass is 10.0. The minimum atomic E-state index is -0.202. The van der Waals surface area contributed by atoms with Crippen LogP contribution in [0, 0.1) is 0 Å². The second-order valence-corrected chi connectivity index (χ2v) is 7.89. The van der Waals surface area contributed by atoms with Gasteiger partial charge in [0.2, 0.25) is 0 Å². The highest BCUT2D eigenvalue weighted by Gasteiger charge is 2.40. The summed E-state index contributed by atoms with van der Waals surface area (Å²) in [5.74, 6) is 1.17. The second-order valence-electron chi connectivity index (χ2n) is 7.89. The van der Waals surface area contributed by atoms with Gasteiger partial charge in [-0.1, -0.05) is 31.2 Å². The van der Waals surface area contributed by atoms with E-state index < -0.39 is 0 Å². The molecule has 2 unspecified atom stereocenters. The largest absolute Gasteiger partial charge is 0.380 e. The van der Waals surface area contributed by atoms with E-state index >= 15 is 0 Å². The van der Waals surface area contributed by atoms with Crippen molar-refractivity contribution >= 4 is 11.7 Å². The van der Waals surface area contributed by atoms with Crippen molar-refractivity contribution in [1.82, 2.24) is 29.8 Å². The number of benzene rings is 1. The number of amides is 2. The van der Waals surface area contributed by atoms with Gasteiger partial charge in [0.15, 0.2) is 11.5 Å². The molecule has 8 heteroatoms. The summed E-state index contributed by atoms with van der Waals surface area (Å²) in [5, 5.41) is 11.8. The molecular formula is C21H24N6O2. The minimum Gasteiger partial charge on any atom is -0.380 e. The number of hydrogen-bond donors (Lipinski definition) is 1. The predicted molar refractivity (Wildman–Crippen MR) is 106 cm³/mol. The van der Waals surface area contributed by atoms with Crippen LogP contribution in [0.3, 0.4) is 0 Å². The summed E-state index contributed by atoms with van der Waals surface area (Å²) in [6.45, 7) is 2.73. The number of nitrogens with zero attached hydrogens (tertiary/aromatic N) is 5. The Balaban J connectivity index is 1.42. The van der Waals surface area contributed by atoms with Crippen molar-refractivity contribution in [2.45, 2.75) is 43.9 Å². The standard InChI is InChI=1S/C21H24N6O2/c1-13-9-17(16-6-4-3-5-15(13)16)23-21(28)27-12-14(29-2)10-18(27)20-25-24-19-11-22-7-8-26(19)20/h3-8,11,13-14,17-18H,9-10,12H2,1-2H3,(H,23,28)/t13?,14-,17?,18+/m1/s1. The van der Waals surface area contributed by atoms with E-state index in [-0.39, 0.29) is 24.2 Å². The van der Waals surface area contributed by atoms with Crippen LogP contribution in [0.25, 0.3) is 5.65 Å². The normalized spacial score (nSPS) is 26.1. The van der Waals surface area contributed by atoms with Gasteiger partial charge in [-0.3, -0.25) is 9.38 Å². The number of urea groups is 1. The number of fused-ring (bicyclic) bond motifs is 2. The average molecular weight is 392 g/mol. The fraction of sp³-hybridized carbons (Fsp3) is 0.429. The van der Waals surface area contributed by atoms with Gasteiger partial charge in [0.25, 0.3) is 0 Å². The van der Waals surface area contributed by atoms with E-state index in [0.29, 0.717) is 24.5 Å². The zero-order valence-corrected chi connectivity index (χ0v) is 16.5. The maximum absolute atomic E-state index is 13.3. The minimum absolute atomic E-state index is 0.0234. The number of ether oxygens (including phenoxy) is 1. The molecule has 8 nitrogen and oxygen atoms in total. The topological polar surface area (TPSA) is 84.7 Å². The average Bonchev–Trinajstić information content (AvgIpc) is 3.44. The molecule has 0 saturated carbocycles. The number of carbonyl (C=O) groups is 1. The molecule has 0 radical (unpaired) electrons. The van der Waals surface area contributed by atoms with Gasteiger partial charge < -0.3 is 15.0 Å². The molecule has 1 saturated heterocycles. The Hall–Kier alpha value is -3.00. The third-order valence-corrected chi connectivity index (χ3v) is 6.18. The summed E-state index contributed by atoms with van der Waals surface area (Å²) in [7, 11) is 1.68. The van der Waals surface area contributed by atoms with E-state index in [1.165, 1.54) is 11.1 Å². The molecule has 4 atom stereocenters. The lowest BCUT2D eigenvalue weighted by molar-refractivity contribution is 0.110. The van der Waals surface area contributed by atoms with E-state index in [2.05, 4.69) is 45.6 Å². The fourth-order valence-electron chi connectivity index (χ4n) is 4.69. The molecular weight excluding hydrogens is 368 g/mol. The van der Waals surface area contributed by atoms with Crippen molar-refractivity contribution in [3.05, 3.63) is 59.8 Å². The molecule has 5 rings (SSSR count). The number of carbonyl (C=O) groups excluding carboxylic acids is 1. The van der Waals surface area contributed by atoms with E-state index in [1.54, 1.807) is 19.5 Å². The number of rotatable bonds is 3. The number of nitrogens with one attached hydrogen (secondary N) is 1. The Kier molecular flexibility index (Phi) is 4.43. The predicted octanol–water partition coefficient (Wildman–Crippen LogP) is 2.84. The summed E-state index contributed by atoms with van der Waals surface area (Å²) >= 11 is 0. The Morgan fingerprint density at radius 1 is 1.21 bits per heavy atom. The molecule has 29 heavy (non-hydrogen) atoms. The van der Waals surface area contributed by atoms with Crippen LogP contribution >= 0.6 is 0 Å². The van der Waals surface area contributed by atoms with Crippen LogP contribution in [0.4, 0.5) is 4.79 Å². The maximum Gasteiger partial charge on any atom is 0.318 e. The molecule has 1 aliphatic carbocycles. The molecule has 1 aromatic carbocycles. The lowest BCUT2D eigenvalue weighted by Crippen LogP contribution is -2.42. The molecule has 1 fully saturated rings. The van der Waals surface area contributed by atoms with Gasteiger partial charge >= 0.3 is 6.03 Å². The summed E-state index contributed by atoms with van der Waals surface area (Å²) in [6, 6.07) is 8.09. The number of methoxy groups -OCH3 is 1. The van der Waals surface area contributed by atoms with Crippen molar-refractivity contribution in [2.24, 2.45) is 0 Å².